The zero-order valence-electron chi connectivity index (χ0n) is 9.97. The van der Waals surface area contributed by atoms with Crippen LogP contribution >= 0.6 is 11.6 Å². The molecule has 1 aromatic rings. The van der Waals surface area contributed by atoms with Crippen molar-refractivity contribution in [3.05, 3.63) is 35.4 Å². The Bertz CT molecular complexity index is 424. The van der Waals surface area contributed by atoms with Crippen LogP contribution in [0, 0.1) is 0 Å². The minimum absolute atomic E-state index is 0.0139. The number of carbonyl (C=O) groups is 1. The first-order chi connectivity index (χ1) is 8.92. The summed E-state index contributed by atoms with van der Waals surface area (Å²) in [6.45, 7) is -1.49. The van der Waals surface area contributed by atoms with Crippen LogP contribution in [-0.2, 0) is 10.6 Å². The van der Waals surface area contributed by atoms with Crippen LogP contribution < -0.4 is 5.32 Å². The fourth-order valence-electron chi connectivity index (χ4n) is 1.32. The maximum absolute atomic E-state index is 11.8. The Labute approximate surface area is 113 Å². The summed E-state index contributed by atoms with van der Waals surface area (Å²) in [4.78, 5) is 11.6. The summed E-state index contributed by atoms with van der Waals surface area (Å²) in [6, 6.07) is 6.68. The minimum atomic E-state index is -4.35. The second kappa shape index (κ2) is 7.35. The van der Waals surface area contributed by atoms with E-state index in [0.29, 0.717) is 5.56 Å². The van der Waals surface area contributed by atoms with Crippen LogP contribution in [0.5, 0.6) is 0 Å². The molecule has 0 radical (unpaired) electrons. The maximum Gasteiger partial charge on any atom is 0.411 e. The normalized spacial score (nSPS) is 11.4. The fourth-order valence-corrected chi connectivity index (χ4v) is 1.49. The van der Waals surface area contributed by atoms with Gasteiger partial charge in [-0.2, -0.15) is 13.2 Å². The van der Waals surface area contributed by atoms with Gasteiger partial charge in [0.05, 0.1) is 6.61 Å². The molecule has 1 aromatic carbocycles. The Morgan fingerprint density at radius 2 is 2.11 bits per heavy atom. The quantitative estimate of drug-likeness (QED) is 0.647. The van der Waals surface area contributed by atoms with E-state index in [1.54, 1.807) is 24.3 Å². The highest BCUT2D eigenvalue weighted by atomic mass is 35.5. The van der Waals surface area contributed by atoms with Gasteiger partial charge in [0.25, 0.3) is 5.91 Å². The molecule has 1 N–H and O–H groups in total. The number of hydrogen-bond donors (Lipinski definition) is 1. The molecule has 0 spiro atoms. The number of alkyl halides is 4. The summed E-state index contributed by atoms with van der Waals surface area (Å²) < 4.78 is 39.7. The van der Waals surface area contributed by atoms with E-state index in [9.17, 15) is 18.0 Å². The molecule has 0 aliphatic rings. The number of carbonyl (C=O) groups excluding carboxylic acids is 1. The summed E-state index contributed by atoms with van der Waals surface area (Å²) in [7, 11) is 0. The van der Waals surface area contributed by atoms with Crippen molar-refractivity contribution in [3.63, 3.8) is 0 Å². The number of hydrogen-bond acceptors (Lipinski definition) is 2. The molecule has 7 heteroatoms. The van der Waals surface area contributed by atoms with E-state index in [1.807, 2.05) is 0 Å². The van der Waals surface area contributed by atoms with Gasteiger partial charge in [-0.25, -0.2) is 0 Å². The average molecular weight is 296 g/mol. The molecular weight excluding hydrogens is 283 g/mol. The molecule has 0 aliphatic heterocycles. The Morgan fingerprint density at radius 3 is 2.74 bits per heavy atom. The molecule has 0 atom stereocenters. The van der Waals surface area contributed by atoms with Crippen molar-refractivity contribution in [1.29, 1.82) is 0 Å². The monoisotopic (exact) mass is 295 g/mol. The third-order valence-corrected chi connectivity index (χ3v) is 2.45. The van der Waals surface area contributed by atoms with Crippen molar-refractivity contribution in [2.24, 2.45) is 0 Å². The fraction of sp³-hybridized carbons (Fsp3) is 0.417. The molecule has 0 unspecified atom stereocenters. The van der Waals surface area contributed by atoms with Crippen LogP contribution in [0.25, 0.3) is 0 Å². The van der Waals surface area contributed by atoms with Gasteiger partial charge in [0.1, 0.15) is 6.61 Å². The molecule has 19 heavy (non-hydrogen) atoms. The van der Waals surface area contributed by atoms with Crippen LogP contribution in [0.15, 0.2) is 24.3 Å². The molecular formula is C12H13ClF3NO2. The molecule has 0 bridgehead atoms. The summed E-state index contributed by atoms with van der Waals surface area (Å²) in [5, 5.41) is 2.46. The second-order valence-electron chi connectivity index (χ2n) is 3.76. The molecule has 0 fully saturated rings. The highest BCUT2D eigenvalue weighted by Gasteiger charge is 2.27. The number of amides is 1. The van der Waals surface area contributed by atoms with Gasteiger partial charge < -0.3 is 10.1 Å². The van der Waals surface area contributed by atoms with Crippen LogP contribution in [0.3, 0.4) is 0 Å². The number of rotatable bonds is 6. The number of halogens is 4. The predicted octanol–water partition coefficient (Wildman–Crippen LogP) is 2.73. The van der Waals surface area contributed by atoms with Gasteiger partial charge in [-0.15, -0.1) is 11.6 Å². The highest BCUT2D eigenvalue weighted by molar-refractivity contribution is 6.17. The highest BCUT2D eigenvalue weighted by Crippen LogP contribution is 2.14. The molecule has 0 saturated carbocycles. The van der Waals surface area contributed by atoms with Crippen LogP contribution in [-0.4, -0.2) is 31.8 Å². The van der Waals surface area contributed by atoms with Crippen LogP contribution in [0.1, 0.15) is 15.9 Å². The van der Waals surface area contributed by atoms with Crippen LogP contribution in [0.2, 0.25) is 0 Å². The second-order valence-corrected chi connectivity index (χ2v) is 4.02. The van der Waals surface area contributed by atoms with Crippen LogP contribution in [0.4, 0.5) is 13.2 Å². The SMILES string of the molecule is O=C(NCCOCC(F)(F)F)c1cccc(CCl)c1. The Kier molecular flexibility index (Phi) is 6.11. The number of nitrogens with one attached hydrogen (secondary N) is 1. The number of ether oxygens (including phenoxy) is 1. The number of benzene rings is 1. The maximum atomic E-state index is 11.8. The first-order valence-corrected chi connectivity index (χ1v) is 6.03. The first-order valence-electron chi connectivity index (χ1n) is 5.50. The summed E-state index contributed by atoms with van der Waals surface area (Å²) in [5.74, 6) is -0.0851. The zero-order valence-corrected chi connectivity index (χ0v) is 10.7. The van der Waals surface area contributed by atoms with E-state index >= 15 is 0 Å². The average Bonchev–Trinajstić information content (AvgIpc) is 2.37. The van der Waals surface area contributed by atoms with Gasteiger partial charge in [-0.05, 0) is 17.7 Å². The summed E-state index contributed by atoms with van der Waals surface area (Å²) in [6.07, 6.45) is -4.35. The third-order valence-electron chi connectivity index (χ3n) is 2.14. The van der Waals surface area contributed by atoms with Crippen molar-refractivity contribution in [1.82, 2.24) is 5.32 Å². The standard InChI is InChI=1S/C12H13ClF3NO2/c13-7-9-2-1-3-10(6-9)11(18)17-4-5-19-8-12(14,15)16/h1-3,6H,4-5,7-8H2,(H,17,18). The van der Waals surface area contributed by atoms with Crippen molar-refractivity contribution >= 4 is 17.5 Å². The molecule has 0 aromatic heterocycles. The topological polar surface area (TPSA) is 38.3 Å². The largest absolute Gasteiger partial charge is 0.411 e. The van der Waals surface area contributed by atoms with E-state index in [1.165, 1.54) is 0 Å². The Hall–Kier alpha value is -1.27. The van der Waals surface area contributed by atoms with E-state index in [-0.39, 0.29) is 24.9 Å². The van der Waals surface area contributed by atoms with Gasteiger partial charge in [0.2, 0.25) is 0 Å². The van der Waals surface area contributed by atoms with E-state index < -0.39 is 12.8 Å². The van der Waals surface area contributed by atoms with E-state index in [0.717, 1.165) is 5.56 Å². The van der Waals surface area contributed by atoms with Crippen molar-refractivity contribution in [3.8, 4) is 0 Å². The third kappa shape index (κ3) is 6.45. The van der Waals surface area contributed by atoms with Crippen molar-refractivity contribution in [2.75, 3.05) is 19.8 Å². The smallest absolute Gasteiger partial charge is 0.370 e. The summed E-state index contributed by atoms with van der Waals surface area (Å²) in [5.41, 5.74) is 1.21. The lowest BCUT2D eigenvalue weighted by molar-refractivity contribution is -0.173. The molecule has 1 amide bonds. The van der Waals surface area contributed by atoms with E-state index in [4.69, 9.17) is 11.6 Å². The minimum Gasteiger partial charge on any atom is -0.370 e. The molecule has 3 nitrogen and oxygen atoms in total. The van der Waals surface area contributed by atoms with Crippen molar-refractivity contribution in [2.45, 2.75) is 12.1 Å². The lowest BCUT2D eigenvalue weighted by Gasteiger charge is -2.09. The molecule has 0 saturated heterocycles. The Balaban J connectivity index is 2.31. The lowest BCUT2D eigenvalue weighted by Crippen LogP contribution is -2.28. The Morgan fingerprint density at radius 1 is 1.37 bits per heavy atom. The molecule has 1 rings (SSSR count). The van der Waals surface area contributed by atoms with Gasteiger partial charge >= 0.3 is 6.18 Å². The van der Waals surface area contributed by atoms with E-state index in [2.05, 4.69) is 10.1 Å². The molecule has 0 heterocycles. The van der Waals surface area contributed by atoms with Gasteiger partial charge in [0.15, 0.2) is 0 Å². The lowest BCUT2D eigenvalue weighted by atomic mass is 10.1. The van der Waals surface area contributed by atoms with Gasteiger partial charge in [-0.1, -0.05) is 12.1 Å². The predicted molar refractivity (Wildman–Crippen MR) is 65.2 cm³/mol. The first kappa shape index (κ1) is 15.8. The molecule has 106 valence electrons. The molecule has 0 aliphatic carbocycles. The zero-order chi connectivity index (χ0) is 14.3. The van der Waals surface area contributed by atoms with Gasteiger partial charge in [-0.3, -0.25) is 4.79 Å². The summed E-state index contributed by atoms with van der Waals surface area (Å²) >= 11 is 5.63. The van der Waals surface area contributed by atoms with Gasteiger partial charge in [0, 0.05) is 18.0 Å². The van der Waals surface area contributed by atoms with Crippen molar-refractivity contribution < 1.29 is 22.7 Å².